The molecule has 0 unspecified atom stereocenters. The molecule has 2 aromatic carbocycles. The van der Waals surface area contributed by atoms with Crippen LogP contribution in [-0.2, 0) is 0 Å². The van der Waals surface area contributed by atoms with Gasteiger partial charge in [0, 0.05) is 16.1 Å². The van der Waals surface area contributed by atoms with Crippen LogP contribution in [0.5, 0.6) is 0 Å². The zero-order valence-electron chi connectivity index (χ0n) is 14.0. The third kappa shape index (κ3) is 3.21. The van der Waals surface area contributed by atoms with Gasteiger partial charge in [0.15, 0.2) is 0 Å². The maximum absolute atomic E-state index is 13.0. The second kappa shape index (κ2) is 6.90. The molecule has 5 heteroatoms. The number of benzene rings is 2. The molecule has 0 aliphatic rings. The van der Waals surface area contributed by atoms with Crippen LogP contribution in [0.2, 0.25) is 5.02 Å². The summed E-state index contributed by atoms with van der Waals surface area (Å²) in [6, 6.07) is 19.0. The minimum absolute atomic E-state index is 0.174. The quantitative estimate of drug-likeness (QED) is 0.462. The number of carbonyl (C=O) groups excluding carboxylic acids is 1. The van der Waals surface area contributed by atoms with E-state index in [1.165, 1.54) is 0 Å². The highest BCUT2D eigenvalue weighted by Gasteiger charge is 2.15. The predicted octanol–water partition coefficient (Wildman–Crippen LogP) is 6.18. The molecule has 0 atom stereocenters. The van der Waals surface area contributed by atoms with Gasteiger partial charge in [-0.2, -0.15) is 0 Å². The molecule has 0 radical (unpaired) electrons. The monoisotopic (exact) mass is 378 g/mol. The number of anilines is 1. The Kier molecular flexibility index (Phi) is 4.45. The lowest BCUT2D eigenvalue weighted by atomic mass is 10.1. The van der Waals surface area contributed by atoms with Crippen LogP contribution in [0.4, 0.5) is 5.69 Å². The highest BCUT2D eigenvalue weighted by molar-refractivity contribution is 7.13. The minimum atomic E-state index is -0.174. The van der Waals surface area contributed by atoms with Crippen LogP contribution >= 0.6 is 22.9 Å². The van der Waals surface area contributed by atoms with E-state index in [0.717, 1.165) is 27.0 Å². The Morgan fingerprint density at radius 1 is 1.08 bits per heavy atom. The van der Waals surface area contributed by atoms with Crippen molar-refractivity contribution in [3.05, 3.63) is 82.2 Å². The third-order valence-electron chi connectivity index (χ3n) is 4.18. The van der Waals surface area contributed by atoms with Crippen molar-refractivity contribution in [3.8, 4) is 10.6 Å². The Morgan fingerprint density at radius 2 is 1.92 bits per heavy atom. The van der Waals surface area contributed by atoms with Crippen LogP contribution in [0.15, 0.2) is 66.0 Å². The Bertz CT molecular complexity index is 1110. The first-order valence-corrected chi connectivity index (χ1v) is 9.39. The first-order valence-electron chi connectivity index (χ1n) is 8.13. The number of rotatable bonds is 3. The maximum atomic E-state index is 13.0. The molecule has 0 bridgehead atoms. The van der Waals surface area contributed by atoms with Gasteiger partial charge in [0.05, 0.1) is 21.7 Å². The number of hydrogen-bond donors (Lipinski definition) is 1. The van der Waals surface area contributed by atoms with Crippen LogP contribution in [0.3, 0.4) is 0 Å². The number of carbonyl (C=O) groups is 1. The van der Waals surface area contributed by atoms with E-state index in [2.05, 4.69) is 5.32 Å². The largest absolute Gasteiger partial charge is 0.322 e. The minimum Gasteiger partial charge on any atom is -0.322 e. The molecule has 2 aromatic heterocycles. The molecule has 1 N–H and O–H groups in total. The molecular weight excluding hydrogens is 364 g/mol. The van der Waals surface area contributed by atoms with Crippen LogP contribution in [0.25, 0.3) is 21.5 Å². The number of hydrogen-bond acceptors (Lipinski definition) is 3. The lowest BCUT2D eigenvalue weighted by Crippen LogP contribution is -2.14. The SMILES string of the molecule is Cc1ccc(Cl)cc1NC(=O)c1cc(-c2cccs2)nc2ccccc12. The van der Waals surface area contributed by atoms with Crippen molar-refractivity contribution in [2.45, 2.75) is 6.92 Å². The number of nitrogens with zero attached hydrogens (tertiary/aromatic N) is 1. The van der Waals surface area contributed by atoms with Gasteiger partial charge in [-0.3, -0.25) is 4.79 Å². The Morgan fingerprint density at radius 3 is 2.73 bits per heavy atom. The fourth-order valence-corrected chi connectivity index (χ4v) is 3.69. The van der Waals surface area contributed by atoms with E-state index < -0.39 is 0 Å². The summed E-state index contributed by atoms with van der Waals surface area (Å²) in [4.78, 5) is 18.8. The van der Waals surface area contributed by atoms with Gasteiger partial charge in [0.25, 0.3) is 5.91 Å². The average molecular weight is 379 g/mol. The van der Waals surface area contributed by atoms with Gasteiger partial charge in [-0.15, -0.1) is 11.3 Å². The molecule has 26 heavy (non-hydrogen) atoms. The maximum Gasteiger partial charge on any atom is 0.256 e. The Balaban J connectivity index is 1.81. The van der Waals surface area contributed by atoms with Gasteiger partial charge in [0.2, 0.25) is 0 Å². The summed E-state index contributed by atoms with van der Waals surface area (Å²) in [7, 11) is 0. The Hall–Kier alpha value is -2.69. The van der Waals surface area contributed by atoms with Gasteiger partial charge in [0.1, 0.15) is 0 Å². The molecule has 2 heterocycles. The van der Waals surface area contributed by atoms with Crippen LogP contribution in [-0.4, -0.2) is 10.9 Å². The summed E-state index contributed by atoms with van der Waals surface area (Å²) >= 11 is 7.68. The van der Waals surface area contributed by atoms with Crippen molar-refractivity contribution in [3.63, 3.8) is 0 Å². The molecule has 128 valence electrons. The topological polar surface area (TPSA) is 42.0 Å². The molecule has 0 saturated heterocycles. The number of nitrogens with one attached hydrogen (secondary N) is 1. The molecule has 0 aliphatic carbocycles. The zero-order chi connectivity index (χ0) is 18.1. The first kappa shape index (κ1) is 16.8. The van der Waals surface area contributed by atoms with E-state index in [-0.39, 0.29) is 5.91 Å². The van der Waals surface area contributed by atoms with E-state index in [4.69, 9.17) is 16.6 Å². The molecule has 4 aromatic rings. The first-order chi connectivity index (χ1) is 12.6. The van der Waals surface area contributed by atoms with Gasteiger partial charge < -0.3 is 5.32 Å². The van der Waals surface area contributed by atoms with Crippen molar-refractivity contribution < 1.29 is 4.79 Å². The molecule has 0 fully saturated rings. The van der Waals surface area contributed by atoms with E-state index in [1.54, 1.807) is 17.4 Å². The second-order valence-corrected chi connectivity index (χ2v) is 7.35. The average Bonchev–Trinajstić information content (AvgIpc) is 3.18. The summed E-state index contributed by atoms with van der Waals surface area (Å²) in [6.45, 7) is 1.94. The van der Waals surface area contributed by atoms with Gasteiger partial charge in [-0.1, -0.05) is 41.9 Å². The molecule has 4 rings (SSSR count). The van der Waals surface area contributed by atoms with Gasteiger partial charge in [-0.25, -0.2) is 4.98 Å². The number of thiophene rings is 1. The summed E-state index contributed by atoms with van der Waals surface area (Å²) in [6.07, 6.45) is 0. The fraction of sp³-hybridized carbons (Fsp3) is 0.0476. The number of halogens is 1. The third-order valence-corrected chi connectivity index (χ3v) is 5.31. The number of aryl methyl sites for hydroxylation is 1. The highest BCUT2D eigenvalue weighted by atomic mass is 35.5. The van der Waals surface area contributed by atoms with Gasteiger partial charge in [-0.05, 0) is 48.2 Å². The predicted molar refractivity (Wildman–Crippen MR) is 109 cm³/mol. The van der Waals surface area contributed by atoms with Crippen LogP contribution in [0, 0.1) is 6.92 Å². The summed E-state index contributed by atoms with van der Waals surface area (Å²) in [5.74, 6) is -0.174. The molecule has 3 nitrogen and oxygen atoms in total. The van der Waals surface area contributed by atoms with Crippen molar-refractivity contribution >= 4 is 45.4 Å². The fourth-order valence-electron chi connectivity index (χ4n) is 2.83. The smallest absolute Gasteiger partial charge is 0.256 e. The standard InChI is InChI=1S/C21H15ClN2OS/c1-13-8-9-14(22)11-18(13)24-21(25)16-12-19(20-7-4-10-26-20)23-17-6-3-2-5-15(16)17/h2-12H,1H3,(H,24,25). The van der Waals surface area contributed by atoms with Crippen molar-refractivity contribution in [2.75, 3.05) is 5.32 Å². The molecular formula is C21H15ClN2OS. The summed E-state index contributed by atoms with van der Waals surface area (Å²) in [5.41, 5.74) is 3.86. The Labute approximate surface area is 160 Å². The number of pyridine rings is 1. The van der Waals surface area contributed by atoms with Crippen molar-refractivity contribution in [2.24, 2.45) is 0 Å². The molecule has 0 saturated carbocycles. The normalized spacial score (nSPS) is 10.8. The highest BCUT2D eigenvalue weighted by Crippen LogP contribution is 2.29. The van der Waals surface area contributed by atoms with E-state index in [9.17, 15) is 4.79 Å². The molecule has 1 amide bonds. The zero-order valence-corrected chi connectivity index (χ0v) is 15.6. The lowest BCUT2D eigenvalue weighted by molar-refractivity contribution is 0.102. The molecule has 0 aliphatic heterocycles. The lowest BCUT2D eigenvalue weighted by Gasteiger charge is -2.12. The van der Waals surface area contributed by atoms with E-state index in [1.807, 2.05) is 66.9 Å². The second-order valence-electron chi connectivity index (χ2n) is 5.96. The number of fused-ring (bicyclic) bond motifs is 1. The van der Waals surface area contributed by atoms with Crippen LogP contribution in [0.1, 0.15) is 15.9 Å². The van der Waals surface area contributed by atoms with Crippen molar-refractivity contribution in [1.29, 1.82) is 0 Å². The van der Waals surface area contributed by atoms with Crippen LogP contribution < -0.4 is 5.32 Å². The number of amides is 1. The molecule has 0 spiro atoms. The van der Waals surface area contributed by atoms with E-state index in [0.29, 0.717) is 16.3 Å². The van der Waals surface area contributed by atoms with E-state index >= 15 is 0 Å². The van der Waals surface area contributed by atoms with Gasteiger partial charge >= 0.3 is 0 Å². The number of aromatic nitrogens is 1. The summed E-state index contributed by atoms with van der Waals surface area (Å²) < 4.78 is 0. The summed E-state index contributed by atoms with van der Waals surface area (Å²) in [5, 5.41) is 6.40. The van der Waals surface area contributed by atoms with Crippen molar-refractivity contribution in [1.82, 2.24) is 4.98 Å². The number of para-hydroxylation sites is 1.